The van der Waals surface area contributed by atoms with E-state index < -0.39 is 0 Å². The molecule has 0 aliphatic carbocycles. The monoisotopic (exact) mass is 320 g/mol. The Bertz CT molecular complexity index is 613. The second-order valence-electron chi connectivity index (χ2n) is 4.15. The molecule has 7 heteroatoms. The molecule has 2 aromatic rings. The summed E-state index contributed by atoms with van der Waals surface area (Å²) < 4.78 is 1.95. The predicted molar refractivity (Wildman–Crippen MR) is 86.1 cm³/mol. The van der Waals surface area contributed by atoms with Gasteiger partial charge >= 0.3 is 0 Å². The van der Waals surface area contributed by atoms with Crippen LogP contribution in [0.2, 0.25) is 0 Å². The van der Waals surface area contributed by atoms with Gasteiger partial charge < -0.3 is 10.3 Å². The SMILES string of the molecule is C=CCn1c(CSc2ccccc2)nnc1SCC(N)=O. The number of aromatic nitrogens is 3. The van der Waals surface area contributed by atoms with E-state index in [-0.39, 0.29) is 11.7 Å². The second kappa shape index (κ2) is 7.90. The normalized spacial score (nSPS) is 10.5. The first-order chi connectivity index (χ1) is 10.2. The van der Waals surface area contributed by atoms with Gasteiger partial charge in [-0.2, -0.15) is 0 Å². The van der Waals surface area contributed by atoms with Crippen LogP contribution in [0.25, 0.3) is 0 Å². The molecule has 2 rings (SSSR count). The molecule has 1 amide bonds. The van der Waals surface area contributed by atoms with Crippen molar-refractivity contribution in [1.82, 2.24) is 14.8 Å². The zero-order chi connectivity index (χ0) is 15.1. The van der Waals surface area contributed by atoms with Crippen LogP contribution in [0.3, 0.4) is 0 Å². The summed E-state index contributed by atoms with van der Waals surface area (Å²) in [6, 6.07) is 10.1. The number of thioether (sulfide) groups is 2. The van der Waals surface area contributed by atoms with Gasteiger partial charge in [0.1, 0.15) is 5.82 Å². The predicted octanol–water partition coefficient (Wildman–Crippen LogP) is 2.33. The van der Waals surface area contributed by atoms with Crippen molar-refractivity contribution < 1.29 is 4.79 Å². The van der Waals surface area contributed by atoms with Crippen LogP contribution in [0.1, 0.15) is 5.82 Å². The molecule has 0 aliphatic rings. The van der Waals surface area contributed by atoms with Crippen molar-refractivity contribution >= 4 is 29.4 Å². The Morgan fingerprint density at radius 2 is 2.05 bits per heavy atom. The Morgan fingerprint density at radius 3 is 2.71 bits per heavy atom. The van der Waals surface area contributed by atoms with E-state index in [1.165, 1.54) is 16.7 Å². The van der Waals surface area contributed by atoms with Gasteiger partial charge in [-0.1, -0.05) is 36.0 Å². The fourth-order valence-electron chi connectivity index (χ4n) is 1.65. The van der Waals surface area contributed by atoms with Crippen molar-refractivity contribution in [3.63, 3.8) is 0 Å². The summed E-state index contributed by atoms with van der Waals surface area (Å²) in [5.41, 5.74) is 5.16. The van der Waals surface area contributed by atoms with Crippen molar-refractivity contribution in [3.8, 4) is 0 Å². The highest BCUT2D eigenvalue weighted by atomic mass is 32.2. The quantitative estimate of drug-likeness (QED) is 0.597. The van der Waals surface area contributed by atoms with E-state index in [1.807, 2.05) is 22.8 Å². The third kappa shape index (κ3) is 4.64. The van der Waals surface area contributed by atoms with E-state index >= 15 is 0 Å². The van der Waals surface area contributed by atoms with Crippen molar-refractivity contribution in [1.29, 1.82) is 0 Å². The lowest BCUT2D eigenvalue weighted by molar-refractivity contribution is -0.115. The van der Waals surface area contributed by atoms with Gasteiger partial charge in [0, 0.05) is 11.4 Å². The minimum absolute atomic E-state index is 0.196. The van der Waals surface area contributed by atoms with Crippen molar-refractivity contribution in [2.24, 2.45) is 5.73 Å². The summed E-state index contributed by atoms with van der Waals surface area (Å²) >= 11 is 2.99. The average molecular weight is 320 g/mol. The van der Waals surface area contributed by atoms with Crippen molar-refractivity contribution in [3.05, 3.63) is 48.8 Å². The van der Waals surface area contributed by atoms with Crippen LogP contribution in [-0.4, -0.2) is 26.4 Å². The summed E-state index contributed by atoms with van der Waals surface area (Å²) in [5.74, 6) is 1.40. The highest BCUT2D eigenvalue weighted by molar-refractivity contribution is 7.99. The first kappa shape index (κ1) is 15.7. The Kier molecular flexibility index (Phi) is 5.89. The largest absolute Gasteiger partial charge is 0.369 e. The van der Waals surface area contributed by atoms with E-state index in [0.29, 0.717) is 17.5 Å². The minimum atomic E-state index is -0.367. The van der Waals surface area contributed by atoms with Gasteiger partial charge in [-0.3, -0.25) is 4.79 Å². The van der Waals surface area contributed by atoms with E-state index in [9.17, 15) is 4.79 Å². The highest BCUT2D eigenvalue weighted by Crippen LogP contribution is 2.24. The lowest BCUT2D eigenvalue weighted by Gasteiger charge is -2.07. The maximum absolute atomic E-state index is 10.9. The van der Waals surface area contributed by atoms with Gasteiger partial charge in [0.25, 0.3) is 0 Å². The van der Waals surface area contributed by atoms with Gasteiger partial charge in [-0.25, -0.2) is 0 Å². The molecular weight excluding hydrogens is 304 g/mol. The summed E-state index contributed by atoms with van der Waals surface area (Å²) in [4.78, 5) is 12.1. The molecule has 1 heterocycles. The smallest absolute Gasteiger partial charge is 0.227 e. The molecule has 0 aliphatic heterocycles. The molecule has 1 aromatic carbocycles. The zero-order valence-electron chi connectivity index (χ0n) is 11.4. The number of benzene rings is 1. The van der Waals surface area contributed by atoms with E-state index in [2.05, 4.69) is 28.9 Å². The van der Waals surface area contributed by atoms with Crippen LogP contribution in [0.5, 0.6) is 0 Å². The lowest BCUT2D eigenvalue weighted by Crippen LogP contribution is -2.14. The van der Waals surface area contributed by atoms with Gasteiger partial charge in [-0.15, -0.1) is 28.5 Å². The number of allylic oxidation sites excluding steroid dienone is 1. The fraction of sp³-hybridized carbons (Fsp3) is 0.214. The van der Waals surface area contributed by atoms with Crippen molar-refractivity contribution in [2.45, 2.75) is 22.3 Å². The molecule has 1 aromatic heterocycles. The molecule has 110 valence electrons. The van der Waals surface area contributed by atoms with Gasteiger partial charge in [0.05, 0.1) is 11.5 Å². The number of hydrogen-bond acceptors (Lipinski definition) is 5. The molecule has 0 saturated heterocycles. The number of primary amides is 1. The molecule has 5 nitrogen and oxygen atoms in total. The number of amides is 1. The molecule has 0 spiro atoms. The third-order valence-electron chi connectivity index (χ3n) is 2.56. The van der Waals surface area contributed by atoms with Crippen LogP contribution < -0.4 is 5.73 Å². The number of rotatable bonds is 8. The number of nitrogens with zero attached hydrogens (tertiary/aromatic N) is 3. The number of carbonyl (C=O) groups excluding carboxylic acids is 1. The molecular formula is C14H16N4OS2. The summed E-state index contributed by atoms with van der Waals surface area (Å²) in [7, 11) is 0. The lowest BCUT2D eigenvalue weighted by atomic mass is 10.4. The Hall–Kier alpha value is -1.73. The zero-order valence-corrected chi connectivity index (χ0v) is 13.1. The third-order valence-corrected chi connectivity index (χ3v) is 4.56. The van der Waals surface area contributed by atoms with Crippen LogP contribution in [0.15, 0.2) is 53.0 Å². The van der Waals surface area contributed by atoms with Gasteiger partial charge in [0.15, 0.2) is 5.16 Å². The van der Waals surface area contributed by atoms with Crippen LogP contribution >= 0.6 is 23.5 Å². The van der Waals surface area contributed by atoms with Gasteiger partial charge in [-0.05, 0) is 12.1 Å². The molecule has 0 fully saturated rings. The van der Waals surface area contributed by atoms with Crippen molar-refractivity contribution in [2.75, 3.05) is 5.75 Å². The van der Waals surface area contributed by atoms with E-state index in [0.717, 1.165) is 5.82 Å². The highest BCUT2D eigenvalue weighted by Gasteiger charge is 2.12. The summed E-state index contributed by atoms with van der Waals surface area (Å²) in [5, 5.41) is 9.02. The van der Waals surface area contributed by atoms with Gasteiger partial charge in [0.2, 0.25) is 5.91 Å². The summed E-state index contributed by atoms with van der Waals surface area (Å²) in [6.45, 7) is 4.36. The first-order valence-corrected chi connectivity index (χ1v) is 8.29. The standard InChI is InChI=1S/C14H16N4OS2/c1-2-8-18-13(10-20-11-6-4-3-5-7-11)16-17-14(18)21-9-12(15)19/h2-7H,1,8-10H2,(H2,15,19). The molecule has 0 unspecified atom stereocenters. The molecule has 0 bridgehead atoms. The summed E-state index contributed by atoms with van der Waals surface area (Å²) in [6.07, 6.45) is 1.79. The maximum Gasteiger partial charge on any atom is 0.227 e. The Morgan fingerprint density at radius 1 is 1.29 bits per heavy atom. The average Bonchev–Trinajstić information content (AvgIpc) is 2.87. The second-order valence-corrected chi connectivity index (χ2v) is 6.15. The maximum atomic E-state index is 10.9. The molecule has 2 N–H and O–H groups in total. The molecule has 0 saturated carbocycles. The Labute approximate surface area is 132 Å². The van der Waals surface area contributed by atoms with E-state index in [1.54, 1.807) is 17.8 Å². The molecule has 0 atom stereocenters. The molecule has 0 radical (unpaired) electrons. The van der Waals surface area contributed by atoms with Crippen LogP contribution in [0, 0.1) is 0 Å². The molecule has 21 heavy (non-hydrogen) atoms. The van der Waals surface area contributed by atoms with Crippen LogP contribution in [0.4, 0.5) is 0 Å². The van der Waals surface area contributed by atoms with E-state index in [4.69, 9.17) is 5.73 Å². The number of carbonyl (C=O) groups is 1. The Balaban J connectivity index is 2.07. The minimum Gasteiger partial charge on any atom is -0.369 e. The first-order valence-electron chi connectivity index (χ1n) is 6.32. The van der Waals surface area contributed by atoms with Crippen LogP contribution in [-0.2, 0) is 17.1 Å². The number of hydrogen-bond donors (Lipinski definition) is 1. The topological polar surface area (TPSA) is 73.8 Å². The number of nitrogens with two attached hydrogens (primary N) is 1. The fourth-order valence-corrected chi connectivity index (χ4v) is 3.21.